The van der Waals surface area contributed by atoms with Gasteiger partial charge >= 0.3 is 0 Å². The van der Waals surface area contributed by atoms with E-state index >= 15 is 0 Å². The first-order valence-corrected chi connectivity index (χ1v) is 11.1. The maximum atomic E-state index is 12.3. The molecule has 0 saturated carbocycles. The van der Waals surface area contributed by atoms with E-state index in [4.69, 9.17) is 21.1 Å². The zero-order chi connectivity index (χ0) is 21.5. The number of hydrogen-bond donors (Lipinski definition) is 1. The summed E-state index contributed by atoms with van der Waals surface area (Å²) in [6, 6.07) is 18.3. The van der Waals surface area contributed by atoms with Crippen LogP contribution in [0.2, 0.25) is 5.02 Å². The third-order valence-corrected chi connectivity index (χ3v) is 5.97. The molecule has 0 aliphatic heterocycles. The number of amides is 1. The second-order valence-corrected chi connectivity index (χ2v) is 8.54. The Balaban J connectivity index is 1.60. The van der Waals surface area contributed by atoms with Gasteiger partial charge in [-0.05, 0) is 86.5 Å². The van der Waals surface area contributed by atoms with Crippen molar-refractivity contribution in [1.82, 2.24) is 5.43 Å². The normalized spacial score (nSPS) is 10.8. The van der Waals surface area contributed by atoms with Crippen LogP contribution in [0, 0.1) is 3.57 Å². The van der Waals surface area contributed by atoms with Crippen molar-refractivity contribution in [3.8, 4) is 11.5 Å². The number of nitrogens with one attached hydrogen (secondary N) is 1. The molecule has 154 valence electrons. The maximum Gasteiger partial charge on any atom is 0.271 e. The fourth-order valence-corrected chi connectivity index (χ4v) is 3.77. The van der Waals surface area contributed by atoms with E-state index in [2.05, 4.69) is 49.0 Å². The van der Waals surface area contributed by atoms with Crippen molar-refractivity contribution in [3.05, 3.63) is 90.4 Å². The number of ether oxygens (including phenoxy) is 2. The van der Waals surface area contributed by atoms with E-state index in [0.29, 0.717) is 28.7 Å². The number of rotatable bonds is 7. The molecular formula is C22H17BrClIN2O3. The van der Waals surface area contributed by atoms with Gasteiger partial charge in [-0.2, -0.15) is 5.10 Å². The molecule has 0 saturated heterocycles. The van der Waals surface area contributed by atoms with E-state index in [1.54, 1.807) is 25.5 Å². The van der Waals surface area contributed by atoms with Gasteiger partial charge in [0.2, 0.25) is 0 Å². The zero-order valence-corrected chi connectivity index (χ0v) is 20.4. The van der Waals surface area contributed by atoms with Crippen LogP contribution in [0.25, 0.3) is 0 Å². The highest BCUT2D eigenvalue weighted by molar-refractivity contribution is 14.1. The van der Waals surface area contributed by atoms with Crippen molar-refractivity contribution < 1.29 is 14.3 Å². The molecular weight excluding hydrogens is 583 g/mol. The molecule has 3 rings (SSSR count). The fraction of sp³-hybridized carbons (Fsp3) is 0.0909. The third-order valence-electron chi connectivity index (χ3n) is 4.09. The minimum Gasteiger partial charge on any atom is -0.496 e. The molecule has 0 heterocycles. The van der Waals surface area contributed by atoms with E-state index in [0.717, 1.165) is 19.2 Å². The minimum atomic E-state index is -0.320. The van der Waals surface area contributed by atoms with Gasteiger partial charge < -0.3 is 9.47 Å². The molecule has 0 fully saturated rings. The second-order valence-electron chi connectivity index (χ2n) is 6.12. The van der Waals surface area contributed by atoms with Crippen LogP contribution in [0.3, 0.4) is 0 Å². The van der Waals surface area contributed by atoms with Crippen LogP contribution in [0.5, 0.6) is 11.5 Å². The van der Waals surface area contributed by atoms with Crippen LogP contribution >= 0.6 is 50.1 Å². The van der Waals surface area contributed by atoms with E-state index in [1.807, 2.05) is 48.5 Å². The number of carbonyl (C=O) groups is 1. The van der Waals surface area contributed by atoms with Crippen LogP contribution in [-0.2, 0) is 6.61 Å². The van der Waals surface area contributed by atoms with Crippen molar-refractivity contribution in [2.75, 3.05) is 7.11 Å². The first-order chi connectivity index (χ1) is 14.5. The summed E-state index contributed by atoms with van der Waals surface area (Å²) in [6.45, 7) is 0.362. The van der Waals surface area contributed by atoms with E-state index in [-0.39, 0.29) is 5.91 Å². The predicted octanol–water partition coefficient (Wildman–Crippen LogP) is 6.06. The summed E-state index contributed by atoms with van der Waals surface area (Å²) in [4.78, 5) is 12.3. The second kappa shape index (κ2) is 10.8. The Hall–Kier alpha value is -2.10. The number of halogens is 3. The average molecular weight is 600 g/mol. The van der Waals surface area contributed by atoms with E-state index in [9.17, 15) is 4.79 Å². The standard InChI is InChI=1S/C22H17BrClIN2O3/c1-29-21-11-15(7-8-19(21)25)22(28)27-26-12-14-6-9-20(17(23)10-14)30-13-16-4-2-3-5-18(16)24/h2-12H,13H2,1H3,(H,27,28)/b26-12-. The molecule has 0 radical (unpaired) electrons. The summed E-state index contributed by atoms with van der Waals surface area (Å²) in [5, 5.41) is 4.69. The SMILES string of the molecule is COc1cc(C(=O)N/N=C\c2ccc(OCc3ccccc3Cl)c(Br)c2)ccc1I. The van der Waals surface area contributed by atoms with Crippen molar-refractivity contribution in [1.29, 1.82) is 0 Å². The Labute approximate surface area is 201 Å². The molecule has 0 bridgehead atoms. The molecule has 1 N–H and O–H groups in total. The fourth-order valence-electron chi connectivity index (χ4n) is 2.52. The summed E-state index contributed by atoms with van der Waals surface area (Å²) in [5.41, 5.74) is 4.69. The molecule has 8 heteroatoms. The summed E-state index contributed by atoms with van der Waals surface area (Å²) in [5.74, 6) is 1.00. The number of carbonyl (C=O) groups excluding carboxylic acids is 1. The van der Waals surface area contributed by atoms with Crippen LogP contribution < -0.4 is 14.9 Å². The van der Waals surface area contributed by atoms with Crippen molar-refractivity contribution in [3.63, 3.8) is 0 Å². The minimum absolute atomic E-state index is 0.320. The maximum absolute atomic E-state index is 12.3. The quantitative estimate of drug-likeness (QED) is 0.204. The Morgan fingerprint density at radius 2 is 1.97 bits per heavy atom. The Kier molecular flexibility index (Phi) is 8.12. The van der Waals surface area contributed by atoms with Gasteiger partial charge in [0.25, 0.3) is 5.91 Å². The lowest BCUT2D eigenvalue weighted by molar-refractivity contribution is 0.0954. The molecule has 0 aliphatic carbocycles. The summed E-state index contributed by atoms with van der Waals surface area (Å²) in [7, 11) is 1.57. The first kappa shape index (κ1) is 22.6. The van der Waals surface area contributed by atoms with Crippen molar-refractivity contribution >= 4 is 62.2 Å². The van der Waals surface area contributed by atoms with Gasteiger partial charge in [-0.1, -0.05) is 29.8 Å². The molecule has 5 nitrogen and oxygen atoms in total. The predicted molar refractivity (Wildman–Crippen MR) is 131 cm³/mol. The summed E-state index contributed by atoms with van der Waals surface area (Å²) < 4.78 is 12.8. The number of methoxy groups -OCH3 is 1. The van der Waals surface area contributed by atoms with Gasteiger partial charge in [0.15, 0.2) is 0 Å². The molecule has 1 amide bonds. The van der Waals surface area contributed by atoms with Crippen molar-refractivity contribution in [2.24, 2.45) is 5.10 Å². The monoisotopic (exact) mass is 598 g/mol. The molecule has 3 aromatic carbocycles. The third kappa shape index (κ3) is 5.96. The Morgan fingerprint density at radius 1 is 1.17 bits per heavy atom. The van der Waals surface area contributed by atoms with Crippen LogP contribution in [0.15, 0.2) is 70.2 Å². The Bertz CT molecular complexity index is 1090. The lowest BCUT2D eigenvalue weighted by atomic mass is 10.2. The van der Waals surface area contributed by atoms with Gasteiger partial charge in [0.1, 0.15) is 18.1 Å². The molecule has 0 aliphatic rings. The Morgan fingerprint density at radius 3 is 2.70 bits per heavy atom. The molecule has 0 unspecified atom stereocenters. The zero-order valence-electron chi connectivity index (χ0n) is 15.9. The van der Waals surface area contributed by atoms with Crippen LogP contribution in [-0.4, -0.2) is 19.2 Å². The highest BCUT2D eigenvalue weighted by atomic mass is 127. The van der Waals surface area contributed by atoms with E-state index in [1.165, 1.54) is 0 Å². The van der Waals surface area contributed by atoms with Gasteiger partial charge in [-0.25, -0.2) is 5.43 Å². The number of hydrazone groups is 1. The van der Waals surface area contributed by atoms with Gasteiger partial charge in [0.05, 0.1) is 21.4 Å². The van der Waals surface area contributed by atoms with Crippen LogP contribution in [0.4, 0.5) is 0 Å². The summed E-state index contributed by atoms with van der Waals surface area (Å²) >= 11 is 11.8. The highest BCUT2D eigenvalue weighted by Crippen LogP contribution is 2.27. The lowest BCUT2D eigenvalue weighted by Crippen LogP contribution is -2.17. The average Bonchev–Trinajstić information content (AvgIpc) is 2.74. The summed E-state index contributed by atoms with van der Waals surface area (Å²) in [6.07, 6.45) is 1.56. The van der Waals surface area contributed by atoms with Gasteiger partial charge in [0, 0.05) is 16.1 Å². The first-order valence-electron chi connectivity index (χ1n) is 8.80. The van der Waals surface area contributed by atoms with Gasteiger partial charge in [-0.15, -0.1) is 0 Å². The molecule has 3 aromatic rings. The number of nitrogens with zero attached hydrogens (tertiary/aromatic N) is 1. The molecule has 30 heavy (non-hydrogen) atoms. The number of benzene rings is 3. The number of hydrogen-bond acceptors (Lipinski definition) is 4. The topological polar surface area (TPSA) is 59.9 Å². The molecule has 0 atom stereocenters. The smallest absolute Gasteiger partial charge is 0.271 e. The molecule has 0 spiro atoms. The van der Waals surface area contributed by atoms with E-state index < -0.39 is 0 Å². The highest BCUT2D eigenvalue weighted by Gasteiger charge is 2.08. The lowest BCUT2D eigenvalue weighted by Gasteiger charge is -2.10. The molecule has 0 aromatic heterocycles. The van der Waals surface area contributed by atoms with Crippen LogP contribution in [0.1, 0.15) is 21.5 Å². The van der Waals surface area contributed by atoms with Gasteiger partial charge in [-0.3, -0.25) is 4.79 Å². The van der Waals surface area contributed by atoms with Crippen molar-refractivity contribution in [2.45, 2.75) is 6.61 Å². The largest absolute Gasteiger partial charge is 0.496 e.